The Morgan fingerprint density at radius 2 is 2.23 bits per heavy atom. The van der Waals surface area contributed by atoms with Crippen molar-refractivity contribution in [3.05, 3.63) is 0 Å². The normalized spacial score (nSPS) is 35.8. The number of carbonyl (C=O) groups excluding carboxylic acids is 1. The zero-order chi connectivity index (χ0) is 9.64. The minimum Gasteiger partial charge on any atom is -0.339 e. The number of amides is 1. The molecule has 2 bridgehead atoms. The van der Waals surface area contributed by atoms with Crippen LogP contribution in [0.25, 0.3) is 0 Å². The van der Waals surface area contributed by atoms with Crippen molar-refractivity contribution in [1.29, 1.82) is 0 Å². The van der Waals surface area contributed by atoms with Crippen LogP contribution in [0.1, 0.15) is 6.42 Å². The molecule has 3 aliphatic heterocycles. The van der Waals surface area contributed by atoms with E-state index in [9.17, 15) is 13.2 Å². The van der Waals surface area contributed by atoms with Gasteiger partial charge in [-0.3, -0.25) is 4.79 Å². The third-order valence-electron chi connectivity index (χ3n) is 2.75. The van der Waals surface area contributed by atoms with Crippen LogP contribution in [0.4, 0.5) is 0 Å². The highest BCUT2D eigenvalue weighted by Crippen LogP contribution is 2.35. The number of hydrogen-bond acceptors (Lipinski definition) is 4. The van der Waals surface area contributed by atoms with Crippen molar-refractivity contribution >= 4 is 15.7 Å². The van der Waals surface area contributed by atoms with Gasteiger partial charge < -0.3 is 10.6 Å². The summed E-state index contributed by atoms with van der Waals surface area (Å²) in [7, 11) is -3.10. The Kier molecular flexibility index (Phi) is 1.85. The van der Waals surface area contributed by atoms with E-state index in [1.54, 1.807) is 4.90 Å². The molecule has 3 fully saturated rings. The average Bonchev–Trinajstić information content (AvgIpc) is 2.08. The van der Waals surface area contributed by atoms with E-state index in [1.807, 2.05) is 0 Å². The first-order valence-corrected chi connectivity index (χ1v) is 5.90. The molecule has 3 saturated heterocycles. The molecule has 2 unspecified atom stereocenters. The van der Waals surface area contributed by atoms with Crippen LogP contribution in [0.15, 0.2) is 0 Å². The fourth-order valence-corrected chi connectivity index (χ4v) is 3.82. The first-order valence-electron chi connectivity index (χ1n) is 4.29. The van der Waals surface area contributed by atoms with Crippen LogP contribution in [0, 0.1) is 0 Å². The molecule has 3 aliphatic rings. The van der Waals surface area contributed by atoms with Crippen molar-refractivity contribution in [2.24, 2.45) is 5.73 Å². The fourth-order valence-electron chi connectivity index (χ4n) is 1.93. The van der Waals surface area contributed by atoms with Crippen molar-refractivity contribution in [1.82, 2.24) is 4.90 Å². The van der Waals surface area contributed by atoms with Gasteiger partial charge in [0.25, 0.3) is 0 Å². The van der Waals surface area contributed by atoms with Crippen molar-refractivity contribution in [3.63, 3.8) is 0 Å². The third-order valence-corrected chi connectivity index (χ3v) is 5.21. The van der Waals surface area contributed by atoms with Gasteiger partial charge in [-0.25, -0.2) is 8.42 Å². The van der Waals surface area contributed by atoms with Crippen molar-refractivity contribution in [2.45, 2.75) is 16.9 Å². The summed E-state index contributed by atoms with van der Waals surface area (Å²) in [5.41, 5.74) is 5.31. The highest BCUT2D eigenvalue weighted by atomic mass is 32.2. The van der Waals surface area contributed by atoms with Crippen LogP contribution in [0.2, 0.25) is 0 Å². The van der Waals surface area contributed by atoms with Gasteiger partial charge in [0.2, 0.25) is 5.91 Å². The lowest BCUT2D eigenvalue weighted by Crippen LogP contribution is -2.65. The second-order valence-corrected chi connectivity index (χ2v) is 5.92. The number of carbonyl (C=O) groups is 1. The summed E-state index contributed by atoms with van der Waals surface area (Å²) < 4.78 is 22.6. The molecule has 74 valence electrons. The summed E-state index contributed by atoms with van der Waals surface area (Å²) in [5, 5.41) is -1.07. The smallest absolute Gasteiger partial charge is 0.241 e. The van der Waals surface area contributed by atoms with E-state index < -0.39 is 15.1 Å². The predicted molar refractivity (Wildman–Crippen MR) is 46.7 cm³/mol. The summed E-state index contributed by atoms with van der Waals surface area (Å²) in [6.07, 6.45) is 0.516. The number of fused-ring (bicyclic) bond motifs is 2. The largest absolute Gasteiger partial charge is 0.339 e. The highest BCUT2D eigenvalue weighted by molar-refractivity contribution is 7.95. The molecule has 5 nitrogen and oxygen atoms in total. The van der Waals surface area contributed by atoms with Crippen molar-refractivity contribution < 1.29 is 13.2 Å². The molecule has 0 radical (unpaired) electrons. The second-order valence-electron chi connectivity index (χ2n) is 3.51. The maximum absolute atomic E-state index is 11.5. The van der Waals surface area contributed by atoms with Crippen LogP contribution < -0.4 is 5.73 Å². The van der Waals surface area contributed by atoms with E-state index >= 15 is 0 Å². The van der Waals surface area contributed by atoms with Gasteiger partial charge in [0, 0.05) is 19.6 Å². The molecule has 2 N–H and O–H groups in total. The van der Waals surface area contributed by atoms with Gasteiger partial charge in [-0.05, 0) is 6.42 Å². The number of piperidine rings is 1. The topological polar surface area (TPSA) is 80.5 Å². The van der Waals surface area contributed by atoms with Crippen molar-refractivity contribution in [3.8, 4) is 0 Å². The molecule has 2 atom stereocenters. The van der Waals surface area contributed by atoms with Crippen LogP contribution >= 0.6 is 0 Å². The molecular formula is C7H12N2O3S. The Morgan fingerprint density at radius 3 is 2.69 bits per heavy atom. The molecule has 3 heterocycles. The molecule has 6 heteroatoms. The van der Waals surface area contributed by atoms with E-state index in [-0.39, 0.29) is 11.2 Å². The summed E-state index contributed by atoms with van der Waals surface area (Å²) in [4.78, 5) is 13.0. The Labute approximate surface area is 76.8 Å². The standard InChI is InChI=1S/C7H12N2O3S/c8-1-2-9-4-5-3-6(7(9)10)13(5,11)12/h5-6H,1-4,8H2. The van der Waals surface area contributed by atoms with Gasteiger partial charge >= 0.3 is 0 Å². The molecular weight excluding hydrogens is 192 g/mol. The van der Waals surface area contributed by atoms with Crippen LogP contribution in [-0.2, 0) is 14.6 Å². The minimum absolute atomic E-state index is 0.257. The zero-order valence-electron chi connectivity index (χ0n) is 7.14. The number of sulfone groups is 1. The van der Waals surface area contributed by atoms with Gasteiger partial charge in [-0.15, -0.1) is 0 Å². The Bertz CT molecular complexity index is 338. The summed E-state index contributed by atoms with van der Waals surface area (Å²) in [5.74, 6) is -0.257. The van der Waals surface area contributed by atoms with E-state index in [1.165, 1.54) is 0 Å². The Hall–Kier alpha value is -0.620. The van der Waals surface area contributed by atoms with Crippen molar-refractivity contribution in [2.75, 3.05) is 19.6 Å². The molecule has 1 amide bonds. The van der Waals surface area contributed by atoms with Gasteiger partial charge in [0.15, 0.2) is 9.84 Å². The number of rotatable bonds is 2. The molecule has 3 rings (SSSR count). The summed E-state index contributed by atoms with van der Waals surface area (Å²) in [6, 6.07) is 0. The van der Waals surface area contributed by atoms with E-state index in [2.05, 4.69) is 0 Å². The maximum Gasteiger partial charge on any atom is 0.241 e. The van der Waals surface area contributed by atoms with E-state index in [0.717, 1.165) is 0 Å². The number of nitrogens with zero attached hydrogens (tertiary/aromatic N) is 1. The van der Waals surface area contributed by atoms with E-state index in [4.69, 9.17) is 5.73 Å². The average molecular weight is 204 g/mol. The lowest BCUT2D eigenvalue weighted by Gasteiger charge is -2.45. The van der Waals surface area contributed by atoms with Crippen LogP contribution in [0.5, 0.6) is 0 Å². The maximum atomic E-state index is 11.5. The fraction of sp³-hybridized carbons (Fsp3) is 0.857. The number of hydrogen-bond donors (Lipinski definition) is 1. The minimum atomic E-state index is -3.10. The molecule has 0 spiro atoms. The molecule has 13 heavy (non-hydrogen) atoms. The molecule has 0 aromatic heterocycles. The molecule has 0 aliphatic carbocycles. The monoisotopic (exact) mass is 204 g/mol. The van der Waals surface area contributed by atoms with Gasteiger partial charge in [-0.2, -0.15) is 0 Å². The molecule has 0 saturated carbocycles. The third kappa shape index (κ3) is 1.08. The number of nitrogens with two attached hydrogens (primary N) is 1. The van der Waals surface area contributed by atoms with Crippen LogP contribution in [0.3, 0.4) is 0 Å². The first kappa shape index (κ1) is 8.96. The summed E-state index contributed by atoms with van der Waals surface area (Å²) >= 11 is 0. The quantitative estimate of drug-likeness (QED) is 0.584. The Morgan fingerprint density at radius 1 is 1.54 bits per heavy atom. The second kappa shape index (κ2) is 2.68. The van der Waals surface area contributed by atoms with Gasteiger partial charge in [0.05, 0.1) is 5.25 Å². The lowest BCUT2D eigenvalue weighted by atomic mass is 10.1. The summed E-state index contributed by atoms with van der Waals surface area (Å²) in [6.45, 7) is 1.21. The van der Waals surface area contributed by atoms with Gasteiger partial charge in [-0.1, -0.05) is 0 Å². The van der Waals surface area contributed by atoms with Crippen LogP contribution in [-0.4, -0.2) is 49.4 Å². The van der Waals surface area contributed by atoms with Gasteiger partial charge in [0.1, 0.15) is 5.25 Å². The highest BCUT2D eigenvalue weighted by Gasteiger charge is 2.56. The Balaban J connectivity index is 2.17. The van der Waals surface area contributed by atoms with E-state index in [0.29, 0.717) is 26.1 Å². The molecule has 0 aromatic carbocycles. The SMILES string of the molecule is NCCN1CC2CC(C1=O)S2(=O)=O. The predicted octanol–water partition coefficient (Wildman–Crippen LogP) is -1.66. The lowest BCUT2D eigenvalue weighted by molar-refractivity contribution is -0.133. The molecule has 0 aromatic rings. The first-order chi connectivity index (χ1) is 6.07. The zero-order valence-corrected chi connectivity index (χ0v) is 7.96.